The minimum atomic E-state index is -0.0528. The van der Waals surface area contributed by atoms with Crippen LogP contribution < -0.4 is 5.73 Å². The fourth-order valence-corrected chi connectivity index (χ4v) is 1.40. The van der Waals surface area contributed by atoms with Gasteiger partial charge in [0.1, 0.15) is 6.61 Å². The summed E-state index contributed by atoms with van der Waals surface area (Å²) in [7, 11) is 3.34. The minimum absolute atomic E-state index is 0.0528. The number of carbonyl (C=O) groups is 1. The Hall–Kier alpha value is -1.59. The predicted molar refractivity (Wildman–Crippen MR) is 70.0 cm³/mol. The number of benzene rings is 1. The zero-order valence-corrected chi connectivity index (χ0v) is 10.9. The molecule has 0 saturated carbocycles. The maximum atomic E-state index is 11.7. The number of nitrogen functional groups attached to an aromatic ring is 1. The highest BCUT2D eigenvalue weighted by molar-refractivity contribution is 5.77. The lowest BCUT2D eigenvalue weighted by atomic mass is 10.2. The van der Waals surface area contributed by atoms with Crippen molar-refractivity contribution in [1.29, 1.82) is 0 Å². The van der Waals surface area contributed by atoms with Gasteiger partial charge < -0.3 is 20.1 Å². The molecule has 1 rings (SSSR count). The van der Waals surface area contributed by atoms with Crippen LogP contribution >= 0.6 is 0 Å². The second kappa shape index (κ2) is 7.68. The first-order chi connectivity index (χ1) is 8.63. The average Bonchev–Trinajstić information content (AvgIpc) is 2.37. The van der Waals surface area contributed by atoms with Crippen molar-refractivity contribution in [2.24, 2.45) is 0 Å². The number of rotatable bonds is 7. The molecule has 0 saturated heterocycles. The molecule has 0 fully saturated rings. The highest BCUT2D eigenvalue weighted by Crippen LogP contribution is 2.07. The van der Waals surface area contributed by atoms with E-state index in [1.165, 1.54) is 0 Å². The van der Waals surface area contributed by atoms with Crippen LogP contribution in [0.1, 0.15) is 5.56 Å². The molecule has 1 amide bonds. The van der Waals surface area contributed by atoms with Crippen molar-refractivity contribution in [3.63, 3.8) is 0 Å². The molecule has 100 valence electrons. The fraction of sp³-hybridized carbons (Fsp3) is 0.462. The second-order valence-electron chi connectivity index (χ2n) is 4.04. The molecular weight excluding hydrogens is 232 g/mol. The van der Waals surface area contributed by atoms with E-state index in [-0.39, 0.29) is 12.5 Å². The summed E-state index contributed by atoms with van der Waals surface area (Å²) in [4.78, 5) is 13.3. The van der Waals surface area contributed by atoms with Crippen LogP contribution in [-0.2, 0) is 20.8 Å². The summed E-state index contributed by atoms with van der Waals surface area (Å²) in [6.07, 6.45) is 0. The van der Waals surface area contributed by atoms with Crippen LogP contribution in [0.25, 0.3) is 0 Å². The van der Waals surface area contributed by atoms with Crippen LogP contribution in [0.15, 0.2) is 24.3 Å². The van der Waals surface area contributed by atoms with E-state index in [4.69, 9.17) is 15.2 Å². The number of nitrogens with two attached hydrogens (primary N) is 1. The van der Waals surface area contributed by atoms with E-state index in [1.54, 1.807) is 19.1 Å². The normalized spacial score (nSPS) is 10.3. The number of methoxy groups -OCH3 is 1. The molecule has 1 aromatic carbocycles. The van der Waals surface area contributed by atoms with Crippen molar-refractivity contribution >= 4 is 11.6 Å². The first-order valence-electron chi connectivity index (χ1n) is 5.78. The van der Waals surface area contributed by atoms with Crippen molar-refractivity contribution in [3.05, 3.63) is 29.8 Å². The molecule has 18 heavy (non-hydrogen) atoms. The van der Waals surface area contributed by atoms with Crippen LogP contribution in [0.4, 0.5) is 5.69 Å². The van der Waals surface area contributed by atoms with Gasteiger partial charge in [-0.05, 0) is 17.7 Å². The third kappa shape index (κ3) is 5.16. The number of amides is 1. The zero-order chi connectivity index (χ0) is 13.4. The van der Waals surface area contributed by atoms with Gasteiger partial charge in [-0.25, -0.2) is 0 Å². The van der Waals surface area contributed by atoms with E-state index in [0.29, 0.717) is 19.8 Å². The summed E-state index contributed by atoms with van der Waals surface area (Å²) >= 11 is 0. The number of carbonyl (C=O) groups excluding carboxylic acids is 1. The average molecular weight is 252 g/mol. The second-order valence-corrected chi connectivity index (χ2v) is 4.04. The van der Waals surface area contributed by atoms with Gasteiger partial charge in [-0.2, -0.15) is 0 Å². The summed E-state index contributed by atoms with van der Waals surface area (Å²) in [5.74, 6) is -0.0528. The first-order valence-corrected chi connectivity index (χ1v) is 5.78. The summed E-state index contributed by atoms with van der Waals surface area (Å²) in [5, 5.41) is 0. The van der Waals surface area contributed by atoms with Gasteiger partial charge in [0.25, 0.3) is 0 Å². The molecule has 0 spiro atoms. The summed E-state index contributed by atoms with van der Waals surface area (Å²) in [6.45, 7) is 1.55. The van der Waals surface area contributed by atoms with Crippen LogP contribution in [0, 0.1) is 0 Å². The number of likely N-dealkylation sites (N-methyl/N-ethyl adjacent to an activating group) is 1. The zero-order valence-electron chi connectivity index (χ0n) is 10.9. The Balaban J connectivity index is 2.33. The first kappa shape index (κ1) is 14.5. The van der Waals surface area contributed by atoms with Gasteiger partial charge in [0, 0.05) is 26.4 Å². The van der Waals surface area contributed by atoms with Gasteiger partial charge in [0.15, 0.2) is 0 Å². The monoisotopic (exact) mass is 252 g/mol. The number of anilines is 1. The Morgan fingerprint density at radius 1 is 1.28 bits per heavy atom. The molecular formula is C13H20N2O3. The highest BCUT2D eigenvalue weighted by Gasteiger charge is 2.09. The molecule has 0 aliphatic carbocycles. The predicted octanol–water partition coefficient (Wildman–Crippen LogP) is 0.890. The van der Waals surface area contributed by atoms with Crippen molar-refractivity contribution < 1.29 is 14.3 Å². The third-order valence-electron chi connectivity index (χ3n) is 2.48. The largest absolute Gasteiger partial charge is 0.399 e. The Bertz CT molecular complexity index is 365. The number of hydrogen-bond acceptors (Lipinski definition) is 4. The maximum Gasteiger partial charge on any atom is 0.248 e. The van der Waals surface area contributed by atoms with E-state index >= 15 is 0 Å². The number of ether oxygens (including phenoxy) is 2. The van der Waals surface area contributed by atoms with Gasteiger partial charge in [0.05, 0.1) is 13.2 Å². The van der Waals surface area contributed by atoms with Crippen molar-refractivity contribution in [1.82, 2.24) is 4.90 Å². The molecule has 0 bridgehead atoms. The van der Waals surface area contributed by atoms with Gasteiger partial charge in [0.2, 0.25) is 5.91 Å². The summed E-state index contributed by atoms with van der Waals surface area (Å²) in [5.41, 5.74) is 7.36. The molecule has 0 aromatic heterocycles. The Labute approximate surface area is 107 Å². The molecule has 1 aromatic rings. The standard InChI is InChI=1S/C13H20N2O3/c1-15(13(16)10-18-8-7-17-2)9-11-3-5-12(14)6-4-11/h3-6H,7-10,14H2,1-2H3. The van der Waals surface area contributed by atoms with E-state index in [1.807, 2.05) is 24.3 Å². The summed E-state index contributed by atoms with van der Waals surface area (Å²) in [6, 6.07) is 7.46. The van der Waals surface area contributed by atoms with Crippen LogP contribution in [-0.4, -0.2) is 44.8 Å². The lowest BCUT2D eigenvalue weighted by Crippen LogP contribution is -2.30. The molecule has 0 aliphatic heterocycles. The third-order valence-corrected chi connectivity index (χ3v) is 2.48. The minimum Gasteiger partial charge on any atom is -0.399 e. The SMILES string of the molecule is COCCOCC(=O)N(C)Cc1ccc(N)cc1. The Morgan fingerprint density at radius 3 is 2.56 bits per heavy atom. The molecule has 0 radical (unpaired) electrons. The molecule has 5 heteroatoms. The van der Waals surface area contributed by atoms with E-state index in [9.17, 15) is 4.79 Å². The molecule has 0 unspecified atom stereocenters. The lowest BCUT2D eigenvalue weighted by molar-refractivity contribution is -0.135. The smallest absolute Gasteiger partial charge is 0.248 e. The highest BCUT2D eigenvalue weighted by atomic mass is 16.5. The molecule has 2 N–H and O–H groups in total. The molecule has 0 aliphatic rings. The molecule has 5 nitrogen and oxygen atoms in total. The fourth-order valence-electron chi connectivity index (χ4n) is 1.40. The van der Waals surface area contributed by atoms with Crippen molar-refractivity contribution in [2.45, 2.75) is 6.54 Å². The van der Waals surface area contributed by atoms with Crippen LogP contribution in [0.2, 0.25) is 0 Å². The van der Waals surface area contributed by atoms with Crippen LogP contribution in [0.5, 0.6) is 0 Å². The molecule has 0 heterocycles. The van der Waals surface area contributed by atoms with Crippen LogP contribution in [0.3, 0.4) is 0 Å². The summed E-state index contributed by atoms with van der Waals surface area (Å²) < 4.78 is 10.0. The number of nitrogens with zero attached hydrogens (tertiary/aromatic N) is 1. The topological polar surface area (TPSA) is 64.8 Å². The van der Waals surface area contributed by atoms with E-state index < -0.39 is 0 Å². The molecule has 0 atom stereocenters. The number of hydrogen-bond donors (Lipinski definition) is 1. The van der Waals surface area contributed by atoms with Gasteiger partial charge >= 0.3 is 0 Å². The quantitative estimate of drug-likeness (QED) is 0.578. The van der Waals surface area contributed by atoms with Gasteiger partial charge in [-0.3, -0.25) is 4.79 Å². The van der Waals surface area contributed by atoms with Gasteiger partial charge in [-0.15, -0.1) is 0 Å². The Kier molecular flexibility index (Phi) is 6.18. The van der Waals surface area contributed by atoms with E-state index in [0.717, 1.165) is 11.3 Å². The van der Waals surface area contributed by atoms with Crippen molar-refractivity contribution in [3.8, 4) is 0 Å². The van der Waals surface area contributed by atoms with Gasteiger partial charge in [-0.1, -0.05) is 12.1 Å². The Morgan fingerprint density at radius 2 is 1.94 bits per heavy atom. The van der Waals surface area contributed by atoms with Crippen molar-refractivity contribution in [2.75, 3.05) is 39.7 Å². The lowest BCUT2D eigenvalue weighted by Gasteiger charge is -2.17. The van der Waals surface area contributed by atoms with E-state index in [2.05, 4.69) is 0 Å². The maximum absolute atomic E-state index is 11.7.